The molecule has 20 heavy (non-hydrogen) atoms. The van der Waals surface area contributed by atoms with Crippen molar-refractivity contribution >= 4 is 15.8 Å². The number of carbonyl (C=O) groups excluding carboxylic acids is 1. The van der Waals surface area contributed by atoms with Gasteiger partial charge in [-0.15, -0.1) is 0 Å². The first kappa shape index (κ1) is 15.2. The molecule has 1 aromatic carbocycles. The summed E-state index contributed by atoms with van der Waals surface area (Å²) in [4.78, 5) is 11.6. The number of piperazine rings is 1. The van der Waals surface area contributed by atoms with E-state index in [2.05, 4.69) is 5.32 Å². The monoisotopic (exact) mass is 296 g/mol. The average Bonchev–Trinajstić information content (AvgIpc) is 2.41. The van der Waals surface area contributed by atoms with E-state index < -0.39 is 10.0 Å². The number of carbonyl (C=O) groups is 1. The van der Waals surface area contributed by atoms with Crippen LogP contribution in [-0.2, 0) is 10.0 Å². The standard InChI is InChI=1S/C14H20N2O3S/c1-10-9-16(11(2)8-15-10)20(18,19)14-6-4-5-13(7-14)12(3)17/h4-7,10-11,15H,8-9H2,1-3H3. The number of hydrogen-bond acceptors (Lipinski definition) is 4. The van der Waals surface area contributed by atoms with E-state index in [1.54, 1.807) is 18.2 Å². The van der Waals surface area contributed by atoms with E-state index in [0.29, 0.717) is 18.7 Å². The van der Waals surface area contributed by atoms with Crippen LogP contribution in [0.5, 0.6) is 0 Å². The Balaban J connectivity index is 2.39. The zero-order valence-corrected chi connectivity index (χ0v) is 12.8. The third kappa shape index (κ3) is 2.92. The Kier molecular flexibility index (Phi) is 4.27. The van der Waals surface area contributed by atoms with Gasteiger partial charge in [0.15, 0.2) is 5.78 Å². The molecule has 0 aliphatic carbocycles. The van der Waals surface area contributed by atoms with Gasteiger partial charge in [0.1, 0.15) is 0 Å². The Labute approximate surface area is 120 Å². The van der Waals surface area contributed by atoms with Gasteiger partial charge in [-0.2, -0.15) is 4.31 Å². The van der Waals surface area contributed by atoms with E-state index in [-0.39, 0.29) is 22.8 Å². The second-order valence-electron chi connectivity index (χ2n) is 5.32. The molecule has 0 bridgehead atoms. The first-order chi connectivity index (χ1) is 9.32. The fourth-order valence-corrected chi connectivity index (χ4v) is 4.10. The van der Waals surface area contributed by atoms with Gasteiger partial charge in [0.25, 0.3) is 0 Å². The molecule has 0 spiro atoms. The van der Waals surface area contributed by atoms with E-state index in [4.69, 9.17) is 0 Å². The van der Waals surface area contributed by atoms with Gasteiger partial charge in [0.05, 0.1) is 4.90 Å². The van der Waals surface area contributed by atoms with Gasteiger partial charge < -0.3 is 5.32 Å². The largest absolute Gasteiger partial charge is 0.311 e. The minimum atomic E-state index is -3.56. The summed E-state index contributed by atoms with van der Waals surface area (Å²) in [6, 6.07) is 6.26. The lowest BCUT2D eigenvalue weighted by Gasteiger charge is -2.36. The van der Waals surface area contributed by atoms with Crippen molar-refractivity contribution < 1.29 is 13.2 Å². The molecule has 1 heterocycles. The quantitative estimate of drug-likeness (QED) is 0.853. The highest BCUT2D eigenvalue weighted by Crippen LogP contribution is 2.21. The summed E-state index contributed by atoms with van der Waals surface area (Å²) in [7, 11) is -3.56. The normalized spacial score (nSPS) is 24.6. The van der Waals surface area contributed by atoms with E-state index in [0.717, 1.165) is 0 Å². The number of hydrogen-bond donors (Lipinski definition) is 1. The first-order valence-corrected chi connectivity index (χ1v) is 8.12. The van der Waals surface area contributed by atoms with Crippen LogP contribution in [0, 0.1) is 0 Å². The van der Waals surface area contributed by atoms with Crippen molar-refractivity contribution in [2.24, 2.45) is 0 Å². The van der Waals surface area contributed by atoms with Crippen molar-refractivity contribution in [2.45, 2.75) is 37.8 Å². The topological polar surface area (TPSA) is 66.5 Å². The molecule has 1 N–H and O–H groups in total. The summed E-state index contributed by atoms with van der Waals surface area (Å²) in [6.07, 6.45) is 0. The number of sulfonamides is 1. The molecule has 110 valence electrons. The van der Waals surface area contributed by atoms with Crippen molar-refractivity contribution in [3.05, 3.63) is 29.8 Å². The van der Waals surface area contributed by atoms with Crippen LogP contribution in [0.25, 0.3) is 0 Å². The number of rotatable bonds is 3. The van der Waals surface area contributed by atoms with Crippen molar-refractivity contribution in [3.8, 4) is 0 Å². The van der Waals surface area contributed by atoms with E-state index in [1.807, 2.05) is 13.8 Å². The van der Waals surface area contributed by atoms with E-state index in [9.17, 15) is 13.2 Å². The highest BCUT2D eigenvalue weighted by atomic mass is 32.2. The number of nitrogens with one attached hydrogen (secondary N) is 1. The van der Waals surface area contributed by atoms with Crippen molar-refractivity contribution in [2.75, 3.05) is 13.1 Å². The lowest BCUT2D eigenvalue weighted by atomic mass is 10.2. The molecule has 0 radical (unpaired) electrons. The molecule has 6 heteroatoms. The van der Waals surface area contributed by atoms with Gasteiger partial charge in [-0.3, -0.25) is 4.79 Å². The predicted molar refractivity (Wildman–Crippen MR) is 77.3 cm³/mol. The lowest BCUT2D eigenvalue weighted by Crippen LogP contribution is -2.56. The summed E-state index contributed by atoms with van der Waals surface area (Å²) in [5.74, 6) is -0.135. The van der Waals surface area contributed by atoms with Crippen molar-refractivity contribution in [1.29, 1.82) is 0 Å². The highest BCUT2D eigenvalue weighted by molar-refractivity contribution is 7.89. The molecule has 2 rings (SSSR count). The molecule has 2 atom stereocenters. The Morgan fingerprint density at radius 2 is 2.05 bits per heavy atom. The second kappa shape index (κ2) is 5.63. The molecule has 1 aromatic rings. The number of Topliss-reactive ketones (excluding diaryl/α,β-unsaturated/α-hetero) is 1. The number of ketones is 1. The van der Waals surface area contributed by atoms with Crippen LogP contribution in [0.2, 0.25) is 0 Å². The molecule has 2 unspecified atom stereocenters. The molecular weight excluding hydrogens is 276 g/mol. The maximum absolute atomic E-state index is 12.7. The number of nitrogens with zero attached hydrogens (tertiary/aromatic N) is 1. The minimum Gasteiger partial charge on any atom is -0.311 e. The van der Waals surface area contributed by atoms with Crippen LogP contribution in [-0.4, -0.2) is 43.7 Å². The Morgan fingerprint density at radius 1 is 1.35 bits per heavy atom. The molecule has 0 aromatic heterocycles. The zero-order valence-electron chi connectivity index (χ0n) is 12.0. The highest BCUT2D eigenvalue weighted by Gasteiger charge is 2.33. The molecule has 5 nitrogen and oxygen atoms in total. The third-order valence-corrected chi connectivity index (χ3v) is 5.53. The van der Waals surface area contributed by atoms with Crippen LogP contribution in [0.1, 0.15) is 31.1 Å². The fraction of sp³-hybridized carbons (Fsp3) is 0.500. The smallest absolute Gasteiger partial charge is 0.243 e. The molecule has 1 saturated heterocycles. The van der Waals surface area contributed by atoms with Crippen LogP contribution in [0.15, 0.2) is 29.2 Å². The van der Waals surface area contributed by atoms with Crippen LogP contribution in [0.3, 0.4) is 0 Å². The summed E-state index contributed by atoms with van der Waals surface area (Å²) < 4.78 is 26.9. The van der Waals surface area contributed by atoms with Gasteiger partial charge in [-0.05, 0) is 32.9 Å². The summed E-state index contributed by atoms with van der Waals surface area (Å²) in [5.41, 5.74) is 0.418. The summed E-state index contributed by atoms with van der Waals surface area (Å²) in [5, 5.41) is 3.25. The fourth-order valence-electron chi connectivity index (χ4n) is 2.33. The molecule has 1 aliphatic heterocycles. The Morgan fingerprint density at radius 3 is 2.70 bits per heavy atom. The second-order valence-corrected chi connectivity index (χ2v) is 7.21. The van der Waals surface area contributed by atoms with Crippen LogP contribution < -0.4 is 5.32 Å². The number of benzene rings is 1. The molecule has 1 aliphatic rings. The van der Waals surface area contributed by atoms with Gasteiger partial charge in [-0.25, -0.2) is 8.42 Å². The molecule has 1 fully saturated rings. The minimum absolute atomic E-state index is 0.0998. The average molecular weight is 296 g/mol. The molecule has 0 saturated carbocycles. The third-order valence-electron chi connectivity index (χ3n) is 3.55. The van der Waals surface area contributed by atoms with Crippen molar-refractivity contribution in [3.63, 3.8) is 0 Å². The van der Waals surface area contributed by atoms with Crippen LogP contribution >= 0.6 is 0 Å². The SMILES string of the molecule is CC(=O)c1cccc(S(=O)(=O)N2CC(C)NCC2C)c1. The zero-order chi connectivity index (χ0) is 14.9. The van der Waals surface area contributed by atoms with Gasteiger partial charge >= 0.3 is 0 Å². The van der Waals surface area contributed by atoms with Crippen LogP contribution in [0.4, 0.5) is 0 Å². The lowest BCUT2D eigenvalue weighted by molar-refractivity contribution is 0.101. The molecule has 0 amide bonds. The maximum atomic E-state index is 12.7. The summed E-state index contributed by atoms with van der Waals surface area (Å²) >= 11 is 0. The van der Waals surface area contributed by atoms with E-state index >= 15 is 0 Å². The molecular formula is C14H20N2O3S. The first-order valence-electron chi connectivity index (χ1n) is 6.68. The van der Waals surface area contributed by atoms with Gasteiger partial charge in [0, 0.05) is 30.7 Å². The van der Waals surface area contributed by atoms with E-state index in [1.165, 1.54) is 17.3 Å². The predicted octanol–water partition coefficient (Wildman–Crippen LogP) is 1.26. The summed E-state index contributed by atoms with van der Waals surface area (Å²) in [6.45, 7) is 6.34. The Bertz CT molecular complexity index is 613. The van der Waals surface area contributed by atoms with Gasteiger partial charge in [0.2, 0.25) is 10.0 Å². The Hall–Kier alpha value is -1.24. The van der Waals surface area contributed by atoms with Crippen molar-refractivity contribution in [1.82, 2.24) is 9.62 Å². The van der Waals surface area contributed by atoms with Gasteiger partial charge in [-0.1, -0.05) is 12.1 Å². The maximum Gasteiger partial charge on any atom is 0.243 e.